The summed E-state index contributed by atoms with van der Waals surface area (Å²) >= 11 is 0. The lowest BCUT2D eigenvalue weighted by Gasteiger charge is -1.96. The summed E-state index contributed by atoms with van der Waals surface area (Å²) < 4.78 is 9.96. The van der Waals surface area contributed by atoms with Gasteiger partial charge in [-0.05, 0) is 5.92 Å². The van der Waals surface area contributed by atoms with Gasteiger partial charge in [-0.3, -0.25) is 4.79 Å². The molecule has 0 aliphatic carbocycles. The van der Waals surface area contributed by atoms with Crippen LogP contribution in [0.5, 0.6) is 0 Å². The molecule has 1 saturated heterocycles. The quantitative estimate of drug-likeness (QED) is 0.596. The Balaban J connectivity index is 2.41. The molecule has 0 saturated carbocycles. The van der Waals surface area contributed by atoms with E-state index in [0.717, 1.165) is 18.8 Å². The lowest BCUT2D eigenvalue weighted by Crippen LogP contribution is -2.03. The molecule has 1 heterocycles. The maximum absolute atomic E-state index is 11.0. The Hall–Kier alpha value is -0.830. The number of ether oxygens (including phenoxy) is 2. The van der Waals surface area contributed by atoms with Crippen LogP contribution in [0, 0.1) is 5.92 Å². The van der Waals surface area contributed by atoms with E-state index in [2.05, 4.69) is 6.92 Å². The van der Waals surface area contributed by atoms with Gasteiger partial charge in [-0.2, -0.15) is 0 Å². The van der Waals surface area contributed by atoms with E-state index in [0.29, 0.717) is 5.92 Å². The molecule has 0 aromatic carbocycles. The van der Waals surface area contributed by atoms with Gasteiger partial charge in [0.15, 0.2) is 5.78 Å². The molecule has 1 fully saturated rings. The fourth-order valence-corrected chi connectivity index (χ4v) is 1.17. The van der Waals surface area contributed by atoms with Gasteiger partial charge in [-0.1, -0.05) is 6.92 Å². The van der Waals surface area contributed by atoms with E-state index in [9.17, 15) is 4.79 Å². The minimum atomic E-state index is -0.0263. The largest absolute Gasteiger partial charge is 0.498 e. The summed E-state index contributed by atoms with van der Waals surface area (Å²) in [4.78, 5) is 11.0. The highest BCUT2D eigenvalue weighted by molar-refractivity contribution is 5.91. The van der Waals surface area contributed by atoms with Crippen LogP contribution in [0.15, 0.2) is 11.8 Å². The number of rotatable bonds is 3. The number of carbonyl (C=O) groups is 1. The smallest absolute Gasteiger partial charge is 0.184 e. The molecule has 1 atom stereocenters. The van der Waals surface area contributed by atoms with Crippen LogP contribution in [0.25, 0.3) is 0 Å². The van der Waals surface area contributed by atoms with Crippen LogP contribution in [0.4, 0.5) is 0 Å². The molecule has 3 nitrogen and oxygen atoms in total. The maximum atomic E-state index is 11.0. The highest BCUT2D eigenvalue weighted by Gasteiger charge is 2.16. The molecule has 0 amide bonds. The highest BCUT2D eigenvalue weighted by atomic mass is 16.5. The molecular formula is C9H14O3. The van der Waals surface area contributed by atoms with Crippen molar-refractivity contribution in [2.75, 3.05) is 20.3 Å². The number of methoxy groups -OCH3 is 1. The summed E-state index contributed by atoms with van der Waals surface area (Å²) in [6, 6.07) is 0. The van der Waals surface area contributed by atoms with Crippen molar-refractivity contribution in [2.24, 2.45) is 5.92 Å². The van der Waals surface area contributed by atoms with Crippen LogP contribution >= 0.6 is 0 Å². The molecule has 3 heteroatoms. The van der Waals surface area contributed by atoms with Crippen molar-refractivity contribution >= 4 is 5.78 Å². The van der Waals surface area contributed by atoms with E-state index in [1.165, 1.54) is 13.2 Å². The van der Waals surface area contributed by atoms with E-state index in [1.54, 1.807) is 0 Å². The lowest BCUT2D eigenvalue weighted by molar-refractivity contribution is -0.118. The monoisotopic (exact) mass is 170 g/mol. The molecule has 0 aromatic heterocycles. The third kappa shape index (κ3) is 2.66. The third-order valence-corrected chi connectivity index (χ3v) is 1.71. The molecule has 1 unspecified atom stereocenters. The van der Waals surface area contributed by atoms with Crippen molar-refractivity contribution in [3.05, 3.63) is 11.8 Å². The maximum Gasteiger partial charge on any atom is 0.184 e. The van der Waals surface area contributed by atoms with Gasteiger partial charge in [-0.25, -0.2) is 0 Å². The average molecular weight is 170 g/mol. The summed E-state index contributed by atoms with van der Waals surface area (Å²) in [6.45, 7) is 2.97. The van der Waals surface area contributed by atoms with E-state index in [-0.39, 0.29) is 12.4 Å². The van der Waals surface area contributed by atoms with Gasteiger partial charge in [0.1, 0.15) is 6.61 Å². The normalized spacial score (nSPS) is 25.8. The first-order chi connectivity index (χ1) is 5.72. The SMILES string of the molecule is COCC(=O)/C=C1/CC(C)CO1. The second-order valence-electron chi connectivity index (χ2n) is 3.13. The van der Waals surface area contributed by atoms with E-state index < -0.39 is 0 Å². The second-order valence-corrected chi connectivity index (χ2v) is 3.13. The molecule has 1 aliphatic heterocycles. The van der Waals surface area contributed by atoms with Crippen molar-refractivity contribution in [2.45, 2.75) is 13.3 Å². The number of allylic oxidation sites excluding steroid dienone is 1. The Kier molecular flexibility index (Phi) is 3.29. The van der Waals surface area contributed by atoms with Crippen molar-refractivity contribution < 1.29 is 14.3 Å². The van der Waals surface area contributed by atoms with Gasteiger partial charge in [0.05, 0.1) is 12.4 Å². The minimum absolute atomic E-state index is 0.0263. The Labute approximate surface area is 72.4 Å². The van der Waals surface area contributed by atoms with Crippen LogP contribution in [-0.4, -0.2) is 26.1 Å². The predicted molar refractivity (Wildman–Crippen MR) is 44.7 cm³/mol. The average Bonchev–Trinajstić information content (AvgIpc) is 2.36. The molecular weight excluding hydrogens is 156 g/mol. The summed E-state index contributed by atoms with van der Waals surface area (Å²) in [6.07, 6.45) is 2.41. The van der Waals surface area contributed by atoms with Crippen LogP contribution in [0.3, 0.4) is 0 Å². The Morgan fingerprint density at radius 1 is 1.83 bits per heavy atom. The first-order valence-electron chi connectivity index (χ1n) is 4.07. The van der Waals surface area contributed by atoms with Gasteiger partial charge >= 0.3 is 0 Å². The molecule has 0 aromatic rings. The third-order valence-electron chi connectivity index (χ3n) is 1.71. The molecule has 0 N–H and O–H groups in total. The molecule has 0 radical (unpaired) electrons. The van der Waals surface area contributed by atoms with Crippen molar-refractivity contribution in [1.29, 1.82) is 0 Å². The topological polar surface area (TPSA) is 35.5 Å². The molecule has 0 bridgehead atoms. The van der Waals surface area contributed by atoms with Crippen LogP contribution in [-0.2, 0) is 14.3 Å². The van der Waals surface area contributed by atoms with Gasteiger partial charge in [-0.15, -0.1) is 0 Å². The van der Waals surface area contributed by atoms with E-state index >= 15 is 0 Å². The minimum Gasteiger partial charge on any atom is -0.498 e. The van der Waals surface area contributed by atoms with Gasteiger partial charge in [0, 0.05) is 19.6 Å². The van der Waals surface area contributed by atoms with E-state index in [4.69, 9.17) is 9.47 Å². The fraction of sp³-hybridized carbons (Fsp3) is 0.667. The van der Waals surface area contributed by atoms with Crippen molar-refractivity contribution in [3.8, 4) is 0 Å². The van der Waals surface area contributed by atoms with Crippen LogP contribution in [0.1, 0.15) is 13.3 Å². The Bertz CT molecular complexity index is 196. The Morgan fingerprint density at radius 3 is 3.08 bits per heavy atom. The zero-order valence-corrected chi connectivity index (χ0v) is 7.50. The van der Waals surface area contributed by atoms with Crippen molar-refractivity contribution in [1.82, 2.24) is 0 Å². The van der Waals surface area contributed by atoms with Gasteiger partial charge < -0.3 is 9.47 Å². The van der Waals surface area contributed by atoms with Crippen LogP contribution < -0.4 is 0 Å². The first-order valence-corrected chi connectivity index (χ1v) is 4.07. The standard InChI is InChI=1S/C9H14O3/c1-7-3-9(12-5-7)4-8(10)6-11-2/h4,7H,3,5-6H2,1-2H3/b9-4-. The summed E-state index contributed by atoms with van der Waals surface area (Å²) in [7, 11) is 1.51. The van der Waals surface area contributed by atoms with Gasteiger partial charge in [0.25, 0.3) is 0 Å². The highest BCUT2D eigenvalue weighted by Crippen LogP contribution is 2.21. The number of hydrogen-bond donors (Lipinski definition) is 0. The molecule has 1 aliphatic rings. The number of carbonyl (C=O) groups excluding carboxylic acids is 1. The summed E-state index contributed by atoms with van der Waals surface area (Å²) in [5.41, 5.74) is 0. The number of hydrogen-bond acceptors (Lipinski definition) is 3. The van der Waals surface area contributed by atoms with Crippen molar-refractivity contribution in [3.63, 3.8) is 0 Å². The number of ketones is 1. The molecule has 1 rings (SSSR count). The second kappa shape index (κ2) is 4.26. The zero-order chi connectivity index (χ0) is 8.97. The first kappa shape index (κ1) is 9.26. The molecule has 0 spiro atoms. The summed E-state index contributed by atoms with van der Waals surface area (Å²) in [5, 5.41) is 0. The zero-order valence-electron chi connectivity index (χ0n) is 7.50. The molecule has 12 heavy (non-hydrogen) atoms. The fourth-order valence-electron chi connectivity index (χ4n) is 1.17. The molecule has 68 valence electrons. The van der Waals surface area contributed by atoms with Gasteiger partial charge in [0.2, 0.25) is 0 Å². The predicted octanol–water partition coefficient (Wildman–Crippen LogP) is 1.14. The summed E-state index contributed by atoms with van der Waals surface area (Å²) in [5.74, 6) is 1.30. The van der Waals surface area contributed by atoms with E-state index in [1.807, 2.05) is 0 Å². The lowest BCUT2D eigenvalue weighted by atomic mass is 10.1. The van der Waals surface area contributed by atoms with Crippen LogP contribution in [0.2, 0.25) is 0 Å². The Morgan fingerprint density at radius 2 is 2.58 bits per heavy atom.